The first-order chi connectivity index (χ1) is 12.3. The molecule has 3 aliphatic carbocycles. The number of carbonyl (C=O) groups is 1. The molecule has 5 N–H and O–H groups in total. The number of rotatable bonds is 1. The van der Waals surface area contributed by atoms with Gasteiger partial charge >= 0.3 is 5.97 Å². The number of fused-ring (bicyclic) bond motifs is 2. The lowest BCUT2D eigenvalue weighted by Crippen LogP contribution is -2.77. The molecule has 8 atom stereocenters. The van der Waals surface area contributed by atoms with Gasteiger partial charge in [0.25, 0.3) is 0 Å². The van der Waals surface area contributed by atoms with Gasteiger partial charge < -0.3 is 30.3 Å². The summed E-state index contributed by atoms with van der Waals surface area (Å²) in [7, 11) is 0. The highest BCUT2D eigenvalue weighted by atomic mass is 16.6. The molecule has 0 aromatic heterocycles. The number of hydrogen-bond acceptors (Lipinski definition) is 7. The van der Waals surface area contributed by atoms with Crippen molar-refractivity contribution >= 4 is 5.97 Å². The number of aliphatic hydroxyl groups is 5. The normalized spacial score (nSPS) is 57.0. The Morgan fingerprint density at radius 2 is 1.78 bits per heavy atom. The SMILES string of the molecule is CC1=C(C(C)C)[C@H](O)[C@@]2(O)C3(C)CC(=O)OC4(C(O)C(C)CCC43O)C12O. The zero-order chi connectivity index (χ0) is 20.4. The molecule has 0 aromatic carbocycles. The molecule has 27 heavy (non-hydrogen) atoms. The molecule has 1 heterocycles. The molecule has 152 valence electrons. The number of carbonyl (C=O) groups excluding carboxylic acids is 1. The third-order valence-electron chi connectivity index (χ3n) is 8.44. The van der Waals surface area contributed by atoms with E-state index in [9.17, 15) is 30.3 Å². The minimum Gasteiger partial charge on any atom is -0.450 e. The van der Waals surface area contributed by atoms with Crippen LogP contribution < -0.4 is 0 Å². The van der Waals surface area contributed by atoms with E-state index in [-0.39, 0.29) is 30.3 Å². The van der Waals surface area contributed by atoms with Crippen molar-refractivity contribution in [2.75, 3.05) is 0 Å². The van der Waals surface area contributed by atoms with Crippen molar-refractivity contribution in [1.82, 2.24) is 0 Å². The van der Waals surface area contributed by atoms with E-state index < -0.39 is 46.0 Å². The maximum absolute atomic E-state index is 12.6. The summed E-state index contributed by atoms with van der Waals surface area (Å²) in [6.45, 7) is 8.53. The molecule has 1 saturated heterocycles. The molecule has 2 saturated carbocycles. The van der Waals surface area contributed by atoms with Crippen LogP contribution in [0.15, 0.2) is 11.1 Å². The van der Waals surface area contributed by atoms with Gasteiger partial charge in [-0.05, 0) is 42.7 Å². The van der Waals surface area contributed by atoms with Gasteiger partial charge in [0, 0.05) is 5.41 Å². The quantitative estimate of drug-likeness (QED) is 0.320. The molecule has 6 unspecified atom stereocenters. The fourth-order valence-electron chi connectivity index (χ4n) is 7.08. The van der Waals surface area contributed by atoms with E-state index in [0.29, 0.717) is 12.0 Å². The maximum Gasteiger partial charge on any atom is 0.307 e. The summed E-state index contributed by atoms with van der Waals surface area (Å²) in [5.74, 6) is -1.28. The molecule has 4 rings (SSSR count). The van der Waals surface area contributed by atoms with Crippen molar-refractivity contribution in [2.45, 2.75) is 88.5 Å². The second-order valence-electron chi connectivity index (χ2n) is 9.65. The fraction of sp³-hybridized carbons (Fsp3) is 0.850. The standard InChI is InChI=1S/C20H30O7/c1-9(2)13-11(4)18(25)19(26,15(13)23)16(5)8-12(21)27-20(18)14(22)10(3)6-7-17(16,20)24/h9-10,14-15,22-26H,6-8H2,1-5H3/t10?,14?,15-,16?,17?,18?,19+,20?/m0/s1. The van der Waals surface area contributed by atoms with Gasteiger partial charge in [0.15, 0.2) is 5.60 Å². The van der Waals surface area contributed by atoms with Gasteiger partial charge in [-0.1, -0.05) is 27.7 Å². The minimum atomic E-state index is -2.30. The van der Waals surface area contributed by atoms with Crippen molar-refractivity contribution in [3.05, 3.63) is 11.1 Å². The molecule has 0 spiro atoms. The van der Waals surface area contributed by atoms with E-state index in [4.69, 9.17) is 4.74 Å². The summed E-state index contributed by atoms with van der Waals surface area (Å²) in [6, 6.07) is 0. The summed E-state index contributed by atoms with van der Waals surface area (Å²) in [4.78, 5) is 12.6. The van der Waals surface area contributed by atoms with Crippen molar-refractivity contribution in [2.24, 2.45) is 17.3 Å². The molecule has 7 heteroatoms. The summed E-state index contributed by atoms with van der Waals surface area (Å²) in [5, 5.41) is 58.3. The molecule has 0 amide bonds. The number of ether oxygens (including phenoxy) is 1. The zero-order valence-corrected chi connectivity index (χ0v) is 16.5. The summed E-state index contributed by atoms with van der Waals surface area (Å²) < 4.78 is 5.65. The Morgan fingerprint density at radius 3 is 2.33 bits per heavy atom. The predicted octanol–water partition coefficient (Wildman–Crippen LogP) is 0.0231. The lowest BCUT2D eigenvalue weighted by molar-refractivity contribution is -0.307. The van der Waals surface area contributed by atoms with E-state index in [2.05, 4.69) is 0 Å². The topological polar surface area (TPSA) is 127 Å². The van der Waals surface area contributed by atoms with E-state index in [0.717, 1.165) is 0 Å². The summed E-state index contributed by atoms with van der Waals surface area (Å²) in [6.07, 6.45) is -2.67. The number of aliphatic hydroxyl groups excluding tert-OH is 2. The Balaban J connectivity index is 2.15. The highest BCUT2D eigenvalue weighted by molar-refractivity contribution is 5.77. The largest absolute Gasteiger partial charge is 0.450 e. The fourth-order valence-corrected chi connectivity index (χ4v) is 7.08. The molecule has 4 aliphatic rings. The van der Waals surface area contributed by atoms with Crippen molar-refractivity contribution < 1.29 is 35.1 Å². The van der Waals surface area contributed by atoms with Crippen molar-refractivity contribution in [3.8, 4) is 0 Å². The molecule has 3 fully saturated rings. The molecule has 2 bridgehead atoms. The summed E-state index contributed by atoms with van der Waals surface area (Å²) >= 11 is 0. The Kier molecular flexibility index (Phi) is 3.54. The molecular formula is C20H30O7. The first-order valence-corrected chi connectivity index (χ1v) is 9.74. The van der Waals surface area contributed by atoms with Gasteiger partial charge in [-0.3, -0.25) is 4.79 Å². The Labute approximate surface area is 158 Å². The van der Waals surface area contributed by atoms with Crippen LogP contribution in [0.3, 0.4) is 0 Å². The van der Waals surface area contributed by atoms with Crippen LogP contribution in [-0.4, -0.2) is 66.1 Å². The van der Waals surface area contributed by atoms with Gasteiger partial charge in [-0.2, -0.15) is 0 Å². The van der Waals surface area contributed by atoms with Crippen molar-refractivity contribution in [3.63, 3.8) is 0 Å². The van der Waals surface area contributed by atoms with Crippen LogP contribution in [-0.2, 0) is 9.53 Å². The van der Waals surface area contributed by atoms with Gasteiger partial charge in [0.1, 0.15) is 23.4 Å². The maximum atomic E-state index is 12.6. The first kappa shape index (κ1) is 19.3. The third kappa shape index (κ3) is 1.50. The van der Waals surface area contributed by atoms with Gasteiger partial charge in [0.05, 0.1) is 6.42 Å². The van der Waals surface area contributed by atoms with Crippen LogP contribution in [0.5, 0.6) is 0 Å². The highest BCUT2D eigenvalue weighted by Gasteiger charge is 2.96. The Bertz CT molecular complexity index is 761. The van der Waals surface area contributed by atoms with Crippen LogP contribution in [0, 0.1) is 17.3 Å². The van der Waals surface area contributed by atoms with Gasteiger partial charge in [-0.25, -0.2) is 0 Å². The summed E-state index contributed by atoms with van der Waals surface area (Å²) in [5.41, 5.74) is -9.47. The number of hydrogen-bond donors (Lipinski definition) is 5. The zero-order valence-electron chi connectivity index (χ0n) is 16.5. The van der Waals surface area contributed by atoms with Crippen LogP contribution in [0.1, 0.15) is 53.9 Å². The van der Waals surface area contributed by atoms with Crippen LogP contribution in [0.25, 0.3) is 0 Å². The average Bonchev–Trinajstić information content (AvgIpc) is 2.75. The third-order valence-corrected chi connectivity index (χ3v) is 8.44. The van der Waals surface area contributed by atoms with Gasteiger partial charge in [0.2, 0.25) is 5.60 Å². The Morgan fingerprint density at radius 1 is 1.19 bits per heavy atom. The van der Waals surface area contributed by atoms with Gasteiger partial charge in [-0.15, -0.1) is 0 Å². The number of esters is 1. The lowest BCUT2D eigenvalue weighted by Gasteiger charge is -2.59. The minimum absolute atomic E-state index is 0.136. The van der Waals surface area contributed by atoms with E-state index in [1.165, 1.54) is 6.92 Å². The van der Waals surface area contributed by atoms with E-state index in [1.54, 1.807) is 13.8 Å². The predicted molar refractivity (Wildman–Crippen MR) is 94.3 cm³/mol. The van der Waals surface area contributed by atoms with Crippen LogP contribution in [0.2, 0.25) is 0 Å². The molecule has 0 aromatic rings. The Hall–Kier alpha value is -0.990. The molecular weight excluding hydrogens is 352 g/mol. The van der Waals surface area contributed by atoms with E-state index >= 15 is 0 Å². The van der Waals surface area contributed by atoms with Crippen molar-refractivity contribution in [1.29, 1.82) is 0 Å². The average molecular weight is 382 g/mol. The molecule has 1 aliphatic heterocycles. The second-order valence-corrected chi connectivity index (χ2v) is 9.65. The molecule has 7 nitrogen and oxygen atoms in total. The van der Waals surface area contributed by atoms with E-state index in [1.807, 2.05) is 13.8 Å². The smallest absolute Gasteiger partial charge is 0.307 e. The van der Waals surface area contributed by atoms with Crippen LogP contribution in [0.4, 0.5) is 0 Å². The highest BCUT2D eigenvalue weighted by Crippen LogP contribution is 2.77. The van der Waals surface area contributed by atoms with Crippen LogP contribution >= 0.6 is 0 Å². The lowest BCUT2D eigenvalue weighted by atomic mass is 9.55. The first-order valence-electron chi connectivity index (χ1n) is 9.74. The molecule has 0 radical (unpaired) electrons. The monoisotopic (exact) mass is 382 g/mol. The second kappa shape index (κ2) is 4.94.